The highest BCUT2D eigenvalue weighted by atomic mass is 28.4. The minimum Gasteiger partial charge on any atom is -0.374 e. The van der Waals surface area contributed by atoms with Gasteiger partial charge in [-0.15, -0.1) is 0 Å². The van der Waals surface area contributed by atoms with E-state index in [0.29, 0.717) is 19.8 Å². The third-order valence-corrected chi connectivity index (χ3v) is 6.74. The average molecular weight is 350 g/mol. The Bertz CT molecular complexity index is 575. The Morgan fingerprint density at radius 3 is 2.17 bits per heavy atom. The second-order valence-electron chi connectivity index (χ2n) is 5.26. The summed E-state index contributed by atoms with van der Waals surface area (Å²) >= 11 is 0. The fraction of sp³-hybridized carbons (Fsp3) is 0.529. The molecular formula is C17H27N3O3Si. The molecule has 1 heterocycles. The van der Waals surface area contributed by atoms with E-state index >= 15 is 0 Å². The quantitative estimate of drug-likeness (QED) is 0.582. The average Bonchev–Trinajstić information content (AvgIpc) is 3.05. The molecule has 0 unspecified atom stereocenters. The lowest BCUT2D eigenvalue weighted by Crippen LogP contribution is -2.46. The molecule has 0 spiro atoms. The Labute approximate surface area is 145 Å². The van der Waals surface area contributed by atoms with E-state index in [1.165, 1.54) is 0 Å². The van der Waals surface area contributed by atoms with E-state index < -0.39 is 8.80 Å². The minimum absolute atomic E-state index is 0.602. The number of hydrogen-bond acceptors (Lipinski definition) is 5. The zero-order chi connectivity index (χ0) is 17.3. The van der Waals surface area contributed by atoms with Crippen molar-refractivity contribution >= 4 is 8.80 Å². The van der Waals surface area contributed by atoms with Crippen LogP contribution in [0.15, 0.2) is 36.7 Å². The van der Waals surface area contributed by atoms with Gasteiger partial charge in [0.15, 0.2) is 5.82 Å². The third-order valence-electron chi connectivity index (χ3n) is 3.59. The summed E-state index contributed by atoms with van der Waals surface area (Å²) in [4.78, 5) is 4.38. The molecule has 0 aliphatic heterocycles. The van der Waals surface area contributed by atoms with Gasteiger partial charge in [0.05, 0.1) is 0 Å². The van der Waals surface area contributed by atoms with Gasteiger partial charge in [0, 0.05) is 38.0 Å². The molecule has 0 saturated carbocycles. The Balaban J connectivity index is 2.01. The van der Waals surface area contributed by atoms with E-state index in [9.17, 15) is 0 Å². The summed E-state index contributed by atoms with van der Waals surface area (Å²) in [6.45, 7) is 8.49. The first kappa shape index (κ1) is 18.8. The van der Waals surface area contributed by atoms with Crippen LogP contribution in [0.2, 0.25) is 6.04 Å². The van der Waals surface area contributed by atoms with Gasteiger partial charge in [0.2, 0.25) is 0 Å². The highest BCUT2D eigenvalue weighted by molar-refractivity contribution is 6.60. The van der Waals surface area contributed by atoms with Crippen molar-refractivity contribution in [2.24, 2.45) is 0 Å². The van der Waals surface area contributed by atoms with Crippen LogP contribution in [0, 0.1) is 0 Å². The van der Waals surface area contributed by atoms with Crippen molar-refractivity contribution in [3.05, 3.63) is 36.7 Å². The molecule has 24 heavy (non-hydrogen) atoms. The highest BCUT2D eigenvalue weighted by Gasteiger charge is 2.39. The first-order valence-corrected chi connectivity index (χ1v) is 10.5. The molecule has 1 aromatic carbocycles. The summed E-state index contributed by atoms with van der Waals surface area (Å²) in [7, 11) is -2.59. The third kappa shape index (κ3) is 4.97. The van der Waals surface area contributed by atoms with E-state index in [2.05, 4.69) is 10.1 Å². The van der Waals surface area contributed by atoms with Crippen LogP contribution in [-0.2, 0) is 19.8 Å². The summed E-state index contributed by atoms with van der Waals surface area (Å²) in [5.41, 5.74) is 1.07. The van der Waals surface area contributed by atoms with E-state index in [0.717, 1.165) is 30.4 Å². The number of benzene rings is 1. The van der Waals surface area contributed by atoms with Crippen molar-refractivity contribution in [1.82, 2.24) is 14.8 Å². The molecule has 0 amide bonds. The summed E-state index contributed by atoms with van der Waals surface area (Å²) in [5, 5.41) is 4.35. The van der Waals surface area contributed by atoms with Crippen molar-refractivity contribution in [3.8, 4) is 11.4 Å². The van der Waals surface area contributed by atoms with Crippen LogP contribution in [0.25, 0.3) is 11.4 Å². The van der Waals surface area contributed by atoms with E-state index in [1.54, 1.807) is 6.33 Å². The van der Waals surface area contributed by atoms with Gasteiger partial charge >= 0.3 is 8.80 Å². The van der Waals surface area contributed by atoms with Crippen molar-refractivity contribution in [2.75, 3.05) is 19.8 Å². The van der Waals surface area contributed by atoms with Gasteiger partial charge in [-0.1, -0.05) is 30.3 Å². The molecule has 0 fully saturated rings. The standard InChI is InChI=1S/C17H27N3O3Si/c1-4-21-24(22-5-2,23-6-3)14-10-13-20-17(18-15-19-20)16-11-8-7-9-12-16/h7-9,11-12,15H,4-6,10,13-14H2,1-3H3. The fourth-order valence-electron chi connectivity index (χ4n) is 2.69. The molecular weight excluding hydrogens is 322 g/mol. The number of rotatable bonds is 11. The Morgan fingerprint density at radius 2 is 1.58 bits per heavy atom. The predicted molar refractivity (Wildman–Crippen MR) is 95.5 cm³/mol. The number of aromatic nitrogens is 3. The van der Waals surface area contributed by atoms with Crippen LogP contribution < -0.4 is 0 Å². The summed E-state index contributed by atoms with van der Waals surface area (Å²) < 4.78 is 19.6. The Kier molecular flexibility index (Phi) is 7.58. The zero-order valence-corrected chi connectivity index (χ0v) is 15.8. The SMILES string of the molecule is CCO[Si](CCCn1ncnc1-c1ccccc1)(OCC)OCC. The van der Waals surface area contributed by atoms with Crippen LogP contribution in [-0.4, -0.2) is 43.4 Å². The fourth-order valence-corrected chi connectivity index (χ4v) is 5.28. The molecule has 2 rings (SSSR count). The first-order chi connectivity index (χ1) is 11.7. The summed E-state index contributed by atoms with van der Waals surface area (Å²) in [6, 6.07) is 10.9. The minimum atomic E-state index is -2.59. The van der Waals surface area contributed by atoms with E-state index in [1.807, 2.05) is 55.8 Å². The molecule has 6 nitrogen and oxygen atoms in total. The maximum Gasteiger partial charge on any atom is 0.500 e. The topological polar surface area (TPSA) is 58.4 Å². The molecule has 0 N–H and O–H groups in total. The maximum atomic E-state index is 5.89. The normalized spacial score (nSPS) is 11.8. The second kappa shape index (κ2) is 9.68. The van der Waals surface area contributed by atoms with Crippen molar-refractivity contribution in [3.63, 3.8) is 0 Å². The monoisotopic (exact) mass is 349 g/mol. The molecule has 1 aromatic heterocycles. The second-order valence-corrected chi connectivity index (χ2v) is 7.99. The number of aryl methyl sites for hydroxylation is 1. The van der Waals surface area contributed by atoms with Gasteiger partial charge in [0.25, 0.3) is 0 Å². The van der Waals surface area contributed by atoms with Gasteiger partial charge < -0.3 is 13.3 Å². The predicted octanol–water partition coefficient (Wildman–Crippen LogP) is 3.38. The highest BCUT2D eigenvalue weighted by Crippen LogP contribution is 2.20. The van der Waals surface area contributed by atoms with Gasteiger partial charge in [-0.3, -0.25) is 0 Å². The van der Waals surface area contributed by atoms with Gasteiger partial charge in [-0.25, -0.2) is 9.67 Å². The summed E-state index contributed by atoms with van der Waals surface area (Å²) in [6.07, 6.45) is 2.47. The molecule has 132 valence electrons. The number of hydrogen-bond donors (Lipinski definition) is 0. The van der Waals surface area contributed by atoms with Crippen LogP contribution >= 0.6 is 0 Å². The lowest BCUT2D eigenvalue weighted by atomic mass is 10.2. The molecule has 0 atom stereocenters. The van der Waals surface area contributed by atoms with Gasteiger partial charge in [-0.2, -0.15) is 5.10 Å². The van der Waals surface area contributed by atoms with Gasteiger partial charge in [0.1, 0.15) is 6.33 Å². The lowest BCUT2D eigenvalue weighted by molar-refractivity contribution is 0.0704. The summed E-state index contributed by atoms with van der Waals surface area (Å²) in [5.74, 6) is 0.882. The Hall–Kier alpha value is -1.54. The van der Waals surface area contributed by atoms with Crippen LogP contribution in [0.4, 0.5) is 0 Å². The molecule has 2 aromatic rings. The van der Waals surface area contributed by atoms with Crippen LogP contribution in [0.1, 0.15) is 27.2 Å². The van der Waals surface area contributed by atoms with Crippen molar-refractivity contribution in [1.29, 1.82) is 0 Å². The smallest absolute Gasteiger partial charge is 0.374 e. The molecule has 0 bridgehead atoms. The molecule has 0 aliphatic rings. The van der Waals surface area contributed by atoms with E-state index in [4.69, 9.17) is 13.3 Å². The first-order valence-electron chi connectivity index (χ1n) is 8.59. The van der Waals surface area contributed by atoms with E-state index in [-0.39, 0.29) is 0 Å². The van der Waals surface area contributed by atoms with Crippen molar-refractivity contribution < 1.29 is 13.3 Å². The lowest BCUT2D eigenvalue weighted by Gasteiger charge is -2.28. The maximum absolute atomic E-state index is 5.89. The zero-order valence-electron chi connectivity index (χ0n) is 14.8. The Morgan fingerprint density at radius 1 is 0.958 bits per heavy atom. The molecule has 7 heteroatoms. The molecule has 0 aliphatic carbocycles. The van der Waals surface area contributed by atoms with Crippen LogP contribution in [0.3, 0.4) is 0 Å². The molecule has 0 radical (unpaired) electrons. The van der Waals surface area contributed by atoms with Crippen LogP contribution in [0.5, 0.6) is 0 Å². The number of nitrogens with zero attached hydrogens (tertiary/aromatic N) is 3. The van der Waals surface area contributed by atoms with Crippen molar-refractivity contribution in [2.45, 2.75) is 39.8 Å². The van der Waals surface area contributed by atoms with Gasteiger partial charge in [-0.05, 0) is 27.2 Å². The largest absolute Gasteiger partial charge is 0.500 e. The molecule has 0 saturated heterocycles.